The van der Waals surface area contributed by atoms with Crippen LogP contribution in [0.2, 0.25) is 0 Å². The molecule has 1 aromatic heterocycles. The first-order chi connectivity index (χ1) is 16.0. The smallest absolute Gasteiger partial charge is 0.355 e. The predicted octanol–water partition coefficient (Wildman–Crippen LogP) is 5.76. The van der Waals surface area contributed by atoms with E-state index in [-0.39, 0.29) is 24.6 Å². The molecule has 0 atom stereocenters. The van der Waals surface area contributed by atoms with Crippen molar-refractivity contribution in [3.05, 3.63) is 91.2 Å². The number of hydrogen-bond acceptors (Lipinski definition) is 5. The molecule has 0 amide bonds. The van der Waals surface area contributed by atoms with Gasteiger partial charge in [0.15, 0.2) is 11.5 Å². The molecule has 166 valence electrons. The van der Waals surface area contributed by atoms with E-state index in [0.717, 1.165) is 20.1 Å². The first-order valence-electron chi connectivity index (χ1n) is 10.1. The Labute approximate surface area is 206 Å². The number of carbonyl (C=O) groups is 1. The van der Waals surface area contributed by atoms with Crippen LogP contribution in [0.15, 0.2) is 74.4 Å². The van der Waals surface area contributed by atoms with Crippen LogP contribution >= 0.6 is 31.9 Å². The van der Waals surface area contributed by atoms with E-state index in [1.165, 1.54) is 11.7 Å². The van der Waals surface area contributed by atoms with Gasteiger partial charge in [0.05, 0.1) is 13.7 Å². The van der Waals surface area contributed by atoms with Gasteiger partial charge in [0.1, 0.15) is 5.69 Å². The summed E-state index contributed by atoms with van der Waals surface area (Å²) in [6.45, 7) is 0.272. The van der Waals surface area contributed by atoms with Crippen molar-refractivity contribution in [2.75, 3.05) is 13.9 Å². The Hall–Kier alpha value is -3.10. The number of aromatic nitrogens is 1. The van der Waals surface area contributed by atoms with E-state index in [9.17, 15) is 9.59 Å². The van der Waals surface area contributed by atoms with Gasteiger partial charge in [0, 0.05) is 19.9 Å². The van der Waals surface area contributed by atoms with Gasteiger partial charge in [0.25, 0.3) is 5.56 Å². The highest BCUT2D eigenvalue weighted by Crippen LogP contribution is 2.38. The predicted molar refractivity (Wildman–Crippen MR) is 132 cm³/mol. The lowest BCUT2D eigenvalue weighted by Gasteiger charge is -2.19. The van der Waals surface area contributed by atoms with E-state index < -0.39 is 5.97 Å². The molecule has 1 aliphatic heterocycles. The Morgan fingerprint density at radius 1 is 1.00 bits per heavy atom. The zero-order valence-electron chi connectivity index (χ0n) is 17.4. The summed E-state index contributed by atoms with van der Waals surface area (Å²) in [5.41, 5.74) is 2.10. The summed E-state index contributed by atoms with van der Waals surface area (Å²) in [7, 11) is 1.31. The number of methoxy groups -OCH3 is 1. The molecule has 3 aromatic carbocycles. The van der Waals surface area contributed by atoms with E-state index in [1.807, 2.05) is 48.5 Å². The van der Waals surface area contributed by atoms with E-state index in [0.29, 0.717) is 27.8 Å². The molecule has 0 fully saturated rings. The van der Waals surface area contributed by atoms with Gasteiger partial charge in [-0.2, -0.15) is 0 Å². The van der Waals surface area contributed by atoms with Crippen molar-refractivity contribution >= 4 is 48.6 Å². The minimum Gasteiger partial charge on any atom is -0.464 e. The summed E-state index contributed by atoms with van der Waals surface area (Å²) >= 11 is 7.06. The number of benzene rings is 3. The van der Waals surface area contributed by atoms with E-state index in [4.69, 9.17) is 14.2 Å². The van der Waals surface area contributed by atoms with Gasteiger partial charge in [-0.25, -0.2) is 4.79 Å². The molecule has 0 saturated carbocycles. The largest absolute Gasteiger partial charge is 0.464 e. The normalized spacial score (nSPS) is 12.2. The van der Waals surface area contributed by atoms with Crippen LogP contribution in [-0.2, 0) is 11.3 Å². The second-order valence-electron chi connectivity index (χ2n) is 7.46. The standard InChI is InChI=1S/C25H17Br2NO5/c1-31-25(30)23-22(14-5-3-2-4-6-14)18-10-16(26)7-8-17(18)24(29)28(23)12-15-9-20-21(11-19(15)27)33-13-32-20/h2-11H,12-13H2,1H3. The van der Waals surface area contributed by atoms with Gasteiger partial charge >= 0.3 is 5.97 Å². The summed E-state index contributed by atoms with van der Waals surface area (Å²) in [6.07, 6.45) is 0. The Bertz CT molecular complexity index is 1460. The maximum absolute atomic E-state index is 13.7. The molecule has 4 aromatic rings. The maximum Gasteiger partial charge on any atom is 0.355 e. The molecule has 1 aliphatic rings. The zero-order chi connectivity index (χ0) is 23.1. The van der Waals surface area contributed by atoms with Gasteiger partial charge in [-0.1, -0.05) is 62.2 Å². The van der Waals surface area contributed by atoms with Crippen molar-refractivity contribution in [1.82, 2.24) is 4.57 Å². The third kappa shape index (κ3) is 3.83. The number of pyridine rings is 1. The highest BCUT2D eigenvalue weighted by atomic mass is 79.9. The number of fused-ring (bicyclic) bond motifs is 2. The van der Waals surface area contributed by atoms with Crippen LogP contribution in [-0.4, -0.2) is 24.4 Å². The molecule has 0 aliphatic carbocycles. The zero-order valence-corrected chi connectivity index (χ0v) is 20.6. The molecule has 8 heteroatoms. The molecule has 33 heavy (non-hydrogen) atoms. The summed E-state index contributed by atoms with van der Waals surface area (Å²) in [6, 6.07) is 18.6. The Morgan fingerprint density at radius 2 is 1.73 bits per heavy atom. The number of nitrogens with zero attached hydrogens (tertiary/aromatic N) is 1. The topological polar surface area (TPSA) is 66.8 Å². The SMILES string of the molecule is COC(=O)c1c(-c2ccccc2)c2cc(Br)ccc2c(=O)n1Cc1cc2c(cc1Br)OCO2. The lowest BCUT2D eigenvalue weighted by Crippen LogP contribution is -2.28. The summed E-state index contributed by atoms with van der Waals surface area (Å²) in [5, 5.41) is 1.17. The average molecular weight is 571 g/mol. The summed E-state index contributed by atoms with van der Waals surface area (Å²) in [4.78, 5) is 26.8. The molecule has 5 rings (SSSR count). The monoisotopic (exact) mass is 569 g/mol. The van der Waals surface area contributed by atoms with Crippen molar-refractivity contribution in [2.24, 2.45) is 0 Å². The first-order valence-corrected chi connectivity index (χ1v) is 11.6. The third-order valence-electron chi connectivity index (χ3n) is 5.54. The minimum absolute atomic E-state index is 0.131. The van der Waals surface area contributed by atoms with Crippen LogP contribution in [0.3, 0.4) is 0 Å². The molecular weight excluding hydrogens is 554 g/mol. The van der Waals surface area contributed by atoms with Crippen molar-refractivity contribution in [2.45, 2.75) is 6.54 Å². The van der Waals surface area contributed by atoms with E-state index in [1.54, 1.807) is 12.1 Å². The fraction of sp³-hybridized carbons (Fsp3) is 0.120. The van der Waals surface area contributed by atoms with Gasteiger partial charge < -0.3 is 14.2 Å². The van der Waals surface area contributed by atoms with Gasteiger partial charge in [-0.3, -0.25) is 9.36 Å². The fourth-order valence-electron chi connectivity index (χ4n) is 4.03. The number of halogens is 2. The van der Waals surface area contributed by atoms with Crippen molar-refractivity contribution < 1.29 is 19.0 Å². The highest BCUT2D eigenvalue weighted by Gasteiger charge is 2.25. The van der Waals surface area contributed by atoms with Crippen LogP contribution in [0.4, 0.5) is 0 Å². The first kappa shape index (κ1) is 21.7. The van der Waals surface area contributed by atoms with E-state index in [2.05, 4.69) is 31.9 Å². The molecule has 0 radical (unpaired) electrons. The van der Waals surface area contributed by atoms with Gasteiger partial charge in [-0.05, 0) is 46.8 Å². The Kier molecular flexibility index (Phi) is 5.72. The second-order valence-corrected chi connectivity index (χ2v) is 9.23. The Morgan fingerprint density at radius 3 is 2.45 bits per heavy atom. The van der Waals surface area contributed by atoms with Crippen LogP contribution in [0, 0.1) is 0 Å². The lowest BCUT2D eigenvalue weighted by molar-refractivity contribution is 0.0588. The molecule has 0 bridgehead atoms. The van der Waals surface area contributed by atoms with Crippen molar-refractivity contribution in [3.8, 4) is 22.6 Å². The van der Waals surface area contributed by atoms with Crippen LogP contribution in [0.1, 0.15) is 16.1 Å². The molecule has 0 spiro atoms. The maximum atomic E-state index is 13.7. The number of carbonyl (C=O) groups excluding carboxylic acids is 1. The van der Waals surface area contributed by atoms with Crippen LogP contribution < -0.4 is 15.0 Å². The molecule has 0 saturated heterocycles. The highest BCUT2D eigenvalue weighted by molar-refractivity contribution is 9.10. The number of esters is 1. The van der Waals surface area contributed by atoms with E-state index >= 15 is 0 Å². The summed E-state index contributed by atoms with van der Waals surface area (Å²) < 4.78 is 19.1. The van der Waals surface area contributed by atoms with Gasteiger partial charge in [-0.15, -0.1) is 0 Å². The second kappa shape index (κ2) is 8.68. The third-order valence-corrected chi connectivity index (χ3v) is 6.78. The summed E-state index contributed by atoms with van der Waals surface area (Å²) in [5.74, 6) is 0.623. The molecule has 0 N–H and O–H groups in total. The van der Waals surface area contributed by atoms with Crippen molar-refractivity contribution in [1.29, 1.82) is 0 Å². The number of ether oxygens (including phenoxy) is 3. The van der Waals surface area contributed by atoms with Crippen molar-refractivity contribution in [3.63, 3.8) is 0 Å². The molecular formula is C25H17Br2NO5. The fourth-order valence-corrected chi connectivity index (χ4v) is 4.84. The molecule has 0 unspecified atom stereocenters. The Balaban J connectivity index is 1.84. The lowest BCUT2D eigenvalue weighted by atomic mass is 9.96. The van der Waals surface area contributed by atoms with Crippen LogP contribution in [0.25, 0.3) is 21.9 Å². The number of rotatable bonds is 4. The quantitative estimate of drug-likeness (QED) is 0.292. The minimum atomic E-state index is -0.593. The molecule has 2 heterocycles. The van der Waals surface area contributed by atoms with Crippen LogP contribution in [0.5, 0.6) is 11.5 Å². The van der Waals surface area contributed by atoms with Gasteiger partial charge in [0.2, 0.25) is 6.79 Å². The average Bonchev–Trinajstić information content (AvgIpc) is 3.27. The number of hydrogen-bond donors (Lipinski definition) is 0. The molecule has 6 nitrogen and oxygen atoms in total.